The van der Waals surface area contributed by atoms with Crippen LogP contribution in [0.1, 0.15) is 47.4 Å². The first-order valence-electron chi connectivity index (χ1n) is 7.57. The molecule has 0 fully saturated rings. The number of rotatable bonds is 2. The van der Waals surface area contributed by atoms with Crippen LogP contribution in [0.4, 0.5) is 0 Å². The van der Waals surface area contributed by atoms with Gasteiger partial charge >= 0.3 is 5.97 Å². The monoisotopic (exact) mass is 294 g/mol. The molecule has 3 aliphatic rings. The van der Waals surface area contributed by atoms with Gasteiger partial charge in [-0.25, -0.2) is 0 Å². The van der Waals surface area contributed by atoms with E-state index in [0.717, 1.165) is 16.9 Å². The van der Waals surface area contributed by atoms with Crippen molar-refractivity contribution in [1.82, 2.24) is 0 Å². The Morgan fingerprint density at radius 1 is 1.14 bits per heavy atom. The lowest BCUT2D eigenvalue weighted by molar-refractivity contribution is -0.150. The van der Waals surface area contributed by atoms with Crippen LogP contribution in [0.25, 0.3) is 0 Å². The van der Waals surface area contributed by atoms with Crippen LogP contribution in [0.2, 0.25) is 0 Å². The number of carboxylic acids is 1. The summed E-state index contributed by atoms with van der Waals surface area (Å²) in [5, 5.41) is 9.89. The molecule has 3 aliphatic carbocycles. The molecule has 2 aromatic carbocycles. The van der Waals surface area contributed by atoms with Crippen LogP contribution in [0.15, 0.2) is 42.5 Å². The molecule has 0 saturated heterocycles. The van der Waals surface area contributed by atoms with E-state index in [1.165, 1.54) is 11.1 Å². The molecule has 0 amide bonds. The van der Waals surface area contributed by atoms with Gasteiger partial charge in [-0.05, 0) is 36.1 Å². The summed E-state index contributed by atoms with van der Waals surface area (Å²) in [5.41, 5.74) is 3.90. The number of carboxylic acid groups (broad SMARTS) is 1. The maximum absolute atomic E-state index is 12.0. The average Bonchev–Trinajstić information content (AvgIpc) is 2.54. The fraction of sp³-hybridized carbons (Fsp3) is 0.316. The summed E-state index contributed by atoms with van der Waals surface area (Å²) in [6.45, 7) is 1.87. The molecule has 1 N–H and O–H groups in total. The van der Waals surface area contributed by atoms with Crippen molar-refractivity contribution in [2.45, 2.75) is 25.2 Å². The molecule has 0 spiro atoms. The highest BCUT2D eigenvalue weighted by atomic mass is 16.5. The molecule has 2 aromatic rings. The van der Waals surface area contributed by atoms with Crippen molar-refractivity contribution in [3.63, 3.8) is 0 Å². The predicted octanol–water partition coefficient (Wildman–Crippen LogP) is 3.77. The molecule has 2 bridgehead atoms. The molecule has 0 aromatic heterocycles. The summed E-state index contributed by atoms with van der Waals surface area (Å²) >= 11 is 0. The number of fused-ring (bicyclic) bond motifs is 1. The summed E-state index contributed by atoms with van der Waals surface area (Å²) in [6, 6.07) is 14.3. The summed E-state index contributed by atoms with van der Waals surface area (Å²) in [6.07, 6.45) is 0.643. The average molecular weight is 294 g/mol. The van der Waals surface area contributed by atoms with Gasteiger partial charge in [0.1, 0.15) is 5.75 Å². The van der Waals surface area contributed by atoms with Gasteiger partial charge in [0.05, 0.1) is 12.5 Å². The summed E-state index contributed by atoms with van der Waals surface area (Å²) in [5.74, 6) is 0.0486. The van der Waals surface area contributed by atoms with Gasteiger partial charge in [-0.3, -0.25) is 4.79 Å². The number of ether oxygens (including phenoxy) is 1. The van der Waals surface area contributed by atoms with E-state index in [9.17, 15) is 9.90 Å². The van der Waals surface area contributed by atoms with Crippen molar-refractivity contribution < 1.29 is 14.6 Å². The van der Waals surface area contributed by atoms with Crippen molar-refractivity contribution >= 4 is 5.97 Å². The zero-order valence-electron chi connectivity index (χ0n) is 12.7. The number of hydrogen-bond acceptors (Lipinski definition) is 2. The standard InChI is InChI=1S/C19H18O3/c1-19(18(20)21)10-14-11-6-3-4-7-13(11)17(19)16-12(14)8-5-9-15(16)22-2/h3-9,14,17H,10H2,1-2H3,(H,20,21). The quantitative estimate of drug-likeness (QED) is 0.917. The van der Waals surface area contributed by atoms with Gasteiger partial charge in [0.15, 0.2) is 0 Å². The number of methoxy groups -OCH3 is 1. The van der Waals surface area contributed by atoms with Crippen molar-refractivity contribution in [1.29, 1.82) is 0 Å². The second-order valence-electron chi connectivity index (χ2n) is 6.50. The lowest BCUT2D eigenvalue weighted by Crippen LogP contribution is -2.44. The molecule has 112 valence electrons. The van der Waals surface area contributed by atoms with Crippen molar-refractivity contribution in [3.05, 3.63) is 64.7 Å². The van der Waals surface area contributed by atoms with Crippen LogP contribution < -0.4 is 4.74 Å². The summed E-state index contributed by atoms with van der Waals surface area (Å²) < 4.78 is 5.56. The number of aliphatic carboxylic acids is 1. The van der Waals surface area contributed by atoms with E-state index < -0.39 is 11.4 Å². The minimum Gasteiger partial charge on any atom is -0.496 e. The Hall–Kier alpha value is -2.29. The molecule has 0 aliphatic heterocycles. The Morgan fingerprint density at radius 2 is 1.82 bits per heavy atom. The maximum Gasteiger partial charge on any atom is 0.310 e. The molecule has 22 heavy (non-hydrogen) atoms. The van der Waals surface area contributed by atoms with Crippen LogP contribution in [0.5, 0.6) is 5.75 Å². The number of carbonyl (C=O) groups is 1. The third-order valence-electron chi connectivity index (χ3n) is 5.42. The highest BCUT2D eigenvalue weighted by Crippen LogP contribution is 2.62. The van der Waals surface area contributed by atoms with Crippen LogP contribution in [0, 0.1) is 5.41 Å². The van der Waals surface area contributed by atoms with Crippen LogP contribution >= 0.6 is 0 Å². The van der Waals surface area contributed by atoms with E-state index in [0.29, 0.717) is 6.42 Å². The van der Waals surface area contributed by atoms with E-state index in [-0.39, 0.29) is 11.8 Å². The third kappa shape index (κ3) is 1.48. The van der Waals surface area contributed by atoms with Crippen LogP contribution in [-0.2, 0) is 4.79 Å². The normalized spacial score (nSPS) is 27.9. The van der Waals surface area contributed by atoms with Gasteiger partial charge < -0.3 is 9.84 Å². The van der Waals surface area contributed by atoms with E-state index in [4.69, 9.17) is 4.74 Å². The zero-order valence-corrected chi connectivity index (χ0v) is 12.7. The molecule has 0 heterocycles. The Kier molecular flexibility index (Phi) is 2.65. The van der Waals surface area contributed by atoms with E-state index >= 15 is 0 Å². The molecule has 3 unspecified atom stereocenters. The van der Waals surface area contributed by atoms with E-state index in [1.54, 1.807) is 7.11 Å². The molecule has 3 atom stereocenters. The first kappa shape index (κ1) is 13.4. The minimum atomic E-state index is -0.791. The highest BCUT2D eigenvalue weighted by molar-refractivity contribution is 5.80. The largest absolute Gasteiger partial charge is 0.496 e. The number of hydrogen-bond donors (Lipinski definition) is 1. The molecular weight excluding hydrogens is 276 g/mol. The molecule has 3 heteroatoms. The Balaban J connectivity index is 2.07. The van der Waals surface area contributed by atoms with Crippen molar-refractivity contribution in [2.75, 3.05) is 7.11 Å². The van der Waals surface area contributed by atoms with Gasteiger partial charge in [-0.15, -0.1) is 0 Å². The third-order valence-corrected chi connectivity index (χ3v) is 5.42. The van der Waals surface area contributed by atoms with E-state index in [1.807, 2.05) is 31.2 Å². The Bertz CT molecular complexity index is 780. The minimum absolute atomic E-state index is 0.132. The second kappa shape index (κ2) is 4.35. The first-order valence-corrected chi connectivity index (χ1v) is 7.57. The molecule has 5 rings (SSSR count). The van der Waals surface area contributed by atoms with Gasteiger partial charge in [-0.1, -0.05) is 36.4 Å². The van der Waals surface area contributed by atoms with Gasteiger partial charge in [0.2, 0.25) is 0 Å². The SMILES string of the molecule is COc1cccc2c1C1c3ccccc3C2CC1(C)C(=O)O. The molecular formula is C19H18O3. The lowest BCUT2D eigenvalue weighted by Gasteiger charge is -2.49. The summed E-state index contributed by atoms with van der Waals surface area (Å²) in [4.78, 5) is 12.0. The van der Waals surface area contributed by atoms with Crippen LogP contribution in [-0.4, -0.2) is 18.2 Å². The fourth-order valence-corrected chi connectivity index (χ4v) is 4.40. The molecule has 0 radical (unpaired) electrons. The second-order valence-corrected chi connectivity index (χ2v) is 6.50. The highest BCUT2D eigenvalue weighted by Gasteiger charge is 2.55. The molecule has 0 saturated carbocycles. The Labute approximate surface area is 129 Å². The van der Waals surface area contributed by atoms with Gasteiger partial charge in [-0.2, -0.15) is 0 Å². The summed E-state index contributed by atoms with van der Waals surface area (Å²) in [7, 11) is 1.65. The Morgan fingerprint density at radius 3 is 2.50 bits per heavy atom. The lowest BCUT2D eigenvalue weighted by atomic mass is 9.52. The van der Waals surface area contributed by atoms with Gasteiger partial charge in [0, 0.05) is 17.4 Å². The maximum atomic E-state index is 12.0. The first-order chi connectivity index (χ1) is 10.6. The zero-order chi connectivity index (χ0) is 15.5. The van der Waals surface area contributed by atoms with Crippen molar-refractivity contribution in [3.8, 4) is 5.75 Å². The number of benzene rings is 2. The van der Waals surface area contributed by atoms with E-state index in [2.05, 4.69) is 18.2 Å². The smallest absolute Gasteiger partial charge is 0.310 e. The molecule has 3 nitrogen and oxygen atoms in total. The van der Waals surface area contributed by atoms with Crippen LogP contribution in [0.3, 0.4) is 0 Å². The predicted molar refractivity (Wildman–Crippen MR) is 83.5 cm³/mol. The topological polar surface area (TPSA) is 46.5 Å². The van der Waals surface area contributed by atoms with Crippen molar-refractivity contribution in [2.24, 2.45) is 5.41 Å². The fourth-order valence-electron chi connectivity index (χ4n) is 4.40. The van der Waals surface area contributed by atoms with Gasteiger partial charge in [0.25, 0.3) is 0 Å².